The maximum atomic E-state index is 12.2. The Kier molecular flexibility index (Phi) is 4.39. The summed E-state index contributed by atoms with van der Waals surface area (Å²) in [6.07, 6.45) is 2.62. The van der Waals surface area contributed by atoms with Crippen LogP contribution in [0.1, 0.15) is 24.4 Å². The van der Waals surface area contributed by atoms with Gasteiger partial charge in [-0.1, -0.05) is 0 Å². The van der Waals surface area contributed by atoms with E-state index in [0.29, 0.717) is 19.6 Å². The van der Waals surface area contributed by atoms with Crippen molar-refractivity contribution in [1.29, 1.82) is 0 Å². The van der Waals surface area contributed by atoms with Gasteiger partial charge in [-0.2, -0.15) is 0 Å². The van der Waals surface area contributed by atoms with E-state index in [1.165, 1.54) is 12.6 Å². The van der Waals surface area contributed by atoms with Gasteiger partial charge in [0.2, 0.25) is 11.7 Å². The summed E-state index contributed by atoms with van der Waals surface area (Å²) in [4.78, 5) is 31.7. The van der Waals surface area contributed by atoms with Crippen LogP contribution in [0.2, 0.25) is 0 Å². The van der Waals surface area contributed by atoms with E-state index in [4.69, 9.17) is 4.42 Å². The molecule has 1 aliphatic rings. The highest BCUT2D eigenvalue weighted by Gasteiger charge is 2.35. The Labute approximate surface area is 117 Å². The van der Waals surface area contributed by atoms with Gasteiger partial charge in [-0.3, -0.25) is 14.5 Å². The molecular weight excluding hydrogens is 260 g/mol. The average molecular weight is 280 g/mol. The van der Waals surface area contributed by atoms with Crippen molar-refractivity contribution < 1.29 is 14.0 Å². The Morgan fingerprint density at radius 2 is 2.20 bits per heavy atom. The highest BCUT2D eigenvalue weighted by Crippen LogP contribution is 2.16. The zero-order valence-electron chi connectivity index (χ0n) is 12.0. The Hall–Kier alpha value is -1.89. The van der Waals surface area contributed by atoms with E-state index in [1.54, 1.807) is 11.9 Å². The molecular formula is C13H20N4O3. The standard InChI is InChI=1S/C13H20N4O3/c1-9(2)17-5-4-16(7-10(17)12(18)14-3)13(19)11-6-15-8-20-11/h6,8-10H,4-5,7H2,1-3H3,(H,14,18). The number of carbonyl (C=O) groups excluding carboxylic acids is 2. The first-order valence-electron chi connectivity index (χ1n) is 6.69. The van der Waals surface area contributed by atoms with E-state index in [9.17, 15) is 9.59 Å². The van der Waals surface area contributed by atoms with Gasteiger partial charge >= 0.3 is 0 Å². The number of oxazole rings is 1. The molecule has 2 amide bonds. The highest BCUT2D eigenvalue weighted by molar-refractivity contribution is 5.92. The zero-order chi connectivity index (χ0) is 14.7. The number of nitrogens with zero attached hydrogens (tertiary/aromatic N) is 3. The van der Waals surface area contributed by atoms with Gasteiger partial charge in [0.05, 0.1) is 6.20 Å². The minimum Gasteiger partial charge on any atom is -0.438 e. The normalized spacial score (nSPS) is 20.2. The summed E-state index contributed by atoms with van der Waals surface area (Å²) < 4.78 is 5.03. The summed E-state index contributed by atoms with van der Waals surface area (Å²) in [6.45, 7) is 5.69. The third-order valence-electron chi connectivity index (χ3n) is 3.56. The monoisotopic (exact) mass is 280 g/mol. The van der Waals surface area contributed by atoms with Crippen molar-refractivity contribution in [3.05, 3.63) is 18.4 Å². The van der Waals surface area contributed by atoms with Crippen LogP contribution in [0.15, 0.2) is 17.0 Å². The minimum absolute atomic E-state index is 0.0752. The van der Waals surface area contributed by atoms with Crippen LogP contribution in [0, 0.1) is 0 Å². The van der Waals surface area contributed by atoms with Gasteiger partial charge in [-0.05, 0) is 13.8 Å². The minimum atomic E-state index is -0.333. The van der Waals surface area contributed by atoms with E-state index in [-0.39, 0.29) is 29.7 Å². The Morgan fingerprint density at radius 3 is 2.75 bits per heavy atom. The molecule has 110 valence electrons. The van der Waals surface area contributed by atoms with Gasteiger partial charge in [-0.25, -0.2) is 4.98 Å². The van der Waals surface area contributed by atoms with Crippen LogP contribution in [-0.2, 0) is 4.79 Å². The van der Waals surface area contributed by atoms with Crippen LogP contribution in [-0.4, -0.2) is 65.4 Å². The lowest BCUT2D eigenvalue weighted by Crippen LogP contribution is -2.61. The topological polar surface area (TPSA) is 78.7 Å². The first-order valence-corrected chi connectivity index (χ1v) is 6.69. The second-order valence-electron chi connectivity index (χ2n) is 5.08. The smallest absolute Gasteiger partial charge is 0.291 e. The van der Waals surface area contributed by atoms with Gasteiger partial charge in [0.15, 0.2) is 6.39 Å². The lowest BCUT2D eigenvalue weighted by molar-refractivity contribution is -0.128. The molecule has 0 aliphatic carbocycles. The molecule has 2 heterocycles. The largest absolute Gasteiger partial charge is 0.438 e. The summed E-state index contributed by atoms with van der Waals surface area (Å²) in [5, 5.41) is 2.66. The summed E-state index contributed by atoms with van der Waals surface area (Å²) in [6, 6.07) is -0.0829. The fourth-order valence-electron chi connectivity index (χ4n) is 2.48. The van der Waals surface area contributed by atoms with Crippen LogP contribution in [0.4, 0.5) is 0 Å². The average Bonchev–Trinajstić information content (AvgIpc) is 2.99. The van der Waals surface area contributed by atoms with Crippen molar-refractivity contribution >= 4 is 11.8 Å². The van der Waals surface area contributed by atoms with Crippen LogP contribution >= 0.6 is 0 Å². The maximum Gasteiger partial charge on any atom is 0.291 e. The van der Waals surface area contributed by atoms with Crippen LogP contribution in [0.3, 0.4) is 0 Å². The SMILES string of the molecule is CNC(=O)C1CN(C(=O)c2cnco2)CCN1C(C)C. The molecule has 0 aromatic carbocycles. The molecule has 1 saturated heterocycles. The Morgan fingerprint density at radius 1 is 1.45 bits per heavy atom. The number of rotatable bonds is 3. The Bertz CT molecular complexity index is 472. The first kappa shape index (κ1) is 14.5. The van der Waals surface area contributed by atoms with Gasteiger partial charge < -0.3 is 14.6 Å². The molecule has 1 aromatic heterocycles. The highest BCUT2D eigenvalue weighted by atomic mass is 16.3. The van der Waals surface area contributed by atoms with Gasteiger partial charge in [0.25, 0.3) is 5.91 Å². The molecule has 1 unspecified atom stereocenters. The molecule has 0 radical (unpaired) electrons. The molecule has 1 atom stereocenters. The maximum absolute atomic E-state index is 12.2. The number of hydrogen-bond acceptors (Lipinski definition) is 5. The van der Waals surface area contributed by atoms with Crippen molar-refractivity contribution in [3.63, 3.8) is 0 Å². The quantitative estimate of drug-likeness (QED) is 0.840. The van der Waals surface area contributed by atoms with Crippen molar-refractivity contribution in [2.75, 3.05) is 26.7 Å². The third kappa shape index (κ3) is 2.82. The van der Waals surface area contributed by atoms with Crippen LogP contribution in [0.25, 0.3) is 0 Å². The van der Waals surface area contributed by atoms with Crippen molar-refractivity contribution in [2.45, 2.75) is 25.9 Å². The number of hydrogen-bond donors (Lipinski definition) is 1. The Balaban J connectivity index is 2.12. The molecule has 1 N–H and O–H groups in total. The molecule has 1 aromatic rings. The molecule has 2 rings (SSSR count). The molecule has 1 fully saturated rings. The van der Waals surface area contributed by atoms with Crippen molar-refractivity contribution in [2.24, 2.45) is 0 Å². The summed E-state index contributed by atoms with van der Waals surface area (Å²) in [7, 11) is 1.61. The first-order chi connectivity index (χ1) is 9.54. The number of piperazine rings is 1. The van der Waals surface area contributed by atoms with E-state index >= 15 is 0 Å². The predicted octanol–water partition coefficient (Wildman–Crippen LogP) is -0.0446. The molecule has 0 bridgehead atoms. The predicted molar refractivity (Wildman–Crippen MR) is 72.1 cm³/mol. The molecule has 7 nitrogen and oxygen atoms in total. The summed E-state index contributed by atoms with van der Waals surface area (Å²) >= 11 is 0. The van der Waals surface area contributed by atoms with Crippen molar-refractivity contribution in [1.82, 2.24) is 20.1 Å². The zero-order valence-corrected chi connectivity index (χ0v) is 12.0. The second-order valence-corrected chi connectivity index (χ2v) is 5.08. The van der Waals surface area contributed by atoms with Gasteiger partial charge in [-0.15, -0.1) is 0 Å². The number of carbonyl (C=O) groups is 2. The molecule has 0 saturated carbocycles. The number of amides is 2. The van der Waals surface area contributed by atoms with Crippen molar-refractivity contribution in [3.8, 4) is 0 Å². The number of likely N-dealkylation sites (N-methyl/N-ethyl adjacent to an activating group) is 1. The number of nitrogens with one attached hydrogen (secondary N) is 1. The lowest BCUT2D eigenvalue weighted by atomic mass is 10.1. The van der Waals surface area contributed by atoms with E-state index in [2.05, 4.69) is 15.2 Å². The fourth-order valence-corrected chi connectivity index (χ4v) is 2.48. The number of aromatic nitrogens is 1. The van der Waals surface area contributed by atoms with E-state index in [1.807, 2.05) is 13.8 Å². The van der Waals surface area contributed by atoms with E-state index < -0.39 is 0 Å². The summed E-state index contributed by atoms with van der Waals surface area (Å²) in [5.41, 5.74) is 0. The van der Waals surface area contributed by atoms with Crippen LogP contribution in [0.5, 0.6) is 0 Å². The fraction of sp³-hybridized carbons (Fsp3) is 0.615. The van der Waals surface area contributed by atoms with Gasteiger partial charge in [0, 0.05) is 32.7 Å². The molecule has 1 aliphatic heterocycles. The third-order valence-corrected chi connectivity index (χ3v) is 3.56. The molecule has 7 heteroatoms. The molecule has 0 spiro atoms. The lowest BCUT2D eigenvalue weighted by Gasteiger charge is -2.42. The molecule has 20 heavy (non-hydrogen) atoms. The van der Waals surface area contributed by atoms with E-state index in [0.717, 1.165) is 0 Å². The summed E-state index contributed by atoms with van der Waals surface area (Å²) in [5.74, 6) is -0.0905. The van der Waals surface area contributed by atoms with Gasteiger partial charge in [0.1, 0.15) is 6.04 Å². The second kappa shape index (κ2) is 6.04. The van der Waals surface area contributed by atoms with Crippen LogP contribution < -0.4 is 5.32 Å².